The Labute approximate surface area is 207 Å². The van der Waals surface area contributed by atoms with E-state index >= 15 is 0 Å². The number of hydrogen-bond acceptors (Lipinski definition) is 5. The Balaban J connectivity index is 1.49. The lowest BCUT2D eigenvalue weighted by atomic mass is 10.2. The van der Waals surface area contributed by atoms with Crippen LogP contribution < -0.4 is 4.90 Å². The van der Waals surface area contributed by atoms with Crippen LogP contribution in [-0.2, 0) is 11.3 Å². The fraction of sp³-hybridized carbons (Fsp3) is 0.320. The van der Waals surface area contributed by atoms with Crippen molar-refractivity contribution in [2.24, 2.45) is 0 Å². The number of anilines is 1. The number of aryl methyl sites for hydroxylation is 3. The van der Waals surface area contributed by atoms with Crippen molar-refractivity contribution in [2.75, 3.05) is 17.2 Å². The predicted octanol–water partition coefficient (Wildman–Crippen LogP) is 6.68. The summed E-state index contributed by atoms with van der Waals surface area (Å²) in [4.78, 5) is 21.2. The highest BCUT2D eigenvalue weighted by molar-refractivity contribution is 7.99. The summed E-state index contributed by atoms with van der Waals surface area (Å²) in [6.07, 6.45) is 1.29. The molecular formula is C25H27ClN4OS2. The molecule has 0 saturated carbocycles. The first-order valence-corrected chi connectivity index (χ1v) is 13.1. The summed E-state index contributed by atoms with van der Waals surface area (Å²) in [5.74, 6) is 0.989. The van der Waals surface area contributed by atoms with E-state index in [1.807, 2.05) is 60.7 Å². The van der Waals surface area contributed by atoms with E-state index in [1.54, 1.807) is 11.8 Å². The van der Waals surface area contributed by atoms with E-state index in [4.69, 9.17) is 16.6 Å². The number of nitrogens with zero attached hydrogens (tertiary/aromatic N) is 4. The molecule has 0 unspecified atom stereocenters. The second-order valence-electron chi connectivity index (χ2n) is 8.03. The number of thiazole rings is 1. The van der Waals surface area contributed by atoms with Crippen molar-refractivity contribution in [3.63, 3.8) is 0 Å². The first-order valence-electron chi connectivity index (χ1n) is 11.0. The van der Waals surface area contributed by atoms with Crippen LogP contribution in [0.2, 0.25) is 5.02 Å². The normalized spacial score (nSPS) is 11.3. The lowest BCUT2D eigenvalue weighted by Gasteiger charge is -2.20. The average molecular weight is 499 g/mol. The highest BCUT2D eigenvalue weighted by atomic mass is 35.5. The summed E-state index contributed by atoms with van der Waals surface area (Å²) in [6, 6.07) is 16.2. The molecule has 0 radical (unpaired) electrons. The van der Waals surface area contributed by atoms with Crippen LogP contribution >= 0.6 is 34.7 Å². The van der Waals surface area contributed by atoms with Gasteiger partial charge in [-0.3, -0.25) is 14.4 Å². The van der Waals surface area contributed by atoms with Gasteiger partial charge in [0.25, 0.3) is 0 Å². The Morgan fingerprint density at radius 3 is 2.67 bits per heavy atom. The number of amides is 1. The summed E-state index contributed by atoms with van der Waals surface area (Å²) in [6.45, 7) is 7.17. The van der Waals surface area contributed by atoms with E-state index in [1.165, 1.54) is 16.2 Å². The molecule has 0 aliphatic rings. The molecular weight excluding hydrogens is 472 g/mol. The van der Waals surface area contributed by atoms with Gasteiger partial charge in [0, 0.05) is 28.6 Å². The van der Waals surface area contributed by atoms with E-state index < -0.39 is 0 Å². The molecule has 0 aliphatic heterocycles. The molecule has 0 N–H and O–H groups in total. The minimum absolute atomic E-state index is 0.0907. The zero-order valence-corrected chi connectivity index (χ0v) is 21.4. The zero-order valence-electron chi connectivity index (χ0n) is 19.0. The van der Waals surface area contributed by atoms with E-state index in [0.29, 0.717) is 24.5 Å². The molecule has 2 heterocycles. The van der Waals surface area contributed by atoms with Crippen molar-refractivity contribution in [3.8, 4) is 0 Å². The van der Waals surface area contributed by atoms with E-state index in [9.17, 15) is 4.79 Å². The van der Waals surface area contributed by atoms with Crippen molar-refractivity contribution in [3.05, 3.63) is 70.5 Å². The van der Waals surface area contributed by atoms with E-state index in [-0.39, 0.29) is 5.91 Å². The Bertz CT molecular complexity index is 1250. The molecule has 0 fully saturated rings. The summed E-state index contributed by atoms with van der Waals surface area (Å²) in [7, 11) is 0. The smallest absolute Gasteiger partial charge is 0.228 e. The van der Waals surface area contributed by atoms with Gasteiger partial charge in [0.2, 0.25) is 5.91 Å². The highest BCUT2D eigenvalue weighted by Gasteiger charge is 2.21. The number of carbonyl (C=O) groups excluding carboxylic acids is 1. The third-order valence-corrected chi connectivity index (χ3v) is 7.70. The summed E-state index contributed by atoms with van der Waals surface area (Å²) >= 11 is 9.55. The Hall–Kier alpha value is -2.35. The van der Waals surface area contributed by atoms with Crippen LogP contribution in [0.15, 0.2) is 53.4 Å². The monoisotopic (exact) mass is 498 g/mol. The maximum atomic E-state index is 13.3. The topological polar surface area (TPSA) is 51.0 Å². The van der Waals surface area contributed by atoms with Gasteiger partial charge in [-0.1, -0.05) is 41.1 Å². The standard InChI is InChI=1S/C25H27ClN4OS2/c1-17-14-20(26)16-22-24(17)27-25(33-22)29(11-12-30-19(3)15-18(2)28-30)23(31)10-7-13-32-21-8-5-4-6-9-21/h4-6,8-9,14-16H,7,10-13H2,1-3H3. The Morgan fingerprint density at radius 2 is 1.94 bits per heavy atom. The molecule has 172 valence electrons. The van der Waals surface area contributed by atoms with Crippen LogP contribution in [0.1, 0.15) is 29.8 Å². The molecule has 0 aliphatic carbocycles. The van der Waals surface area contributed by atoms with Gasteiger partial charge in [-0.2, -0.15) is 5.10 Å². The molecule has 4 aromatic rings. The molecule has 2 aromatic heterocycles. The first kappa shape index (κ1) is 23.8. The molecule has 0 bridgehead atoms. The van der Waals surface area contributed by atoms with Gasteiger partial charge in [-0.15, -0.1) is 11.8 Å². The molecule has 33 heavy (non-hydrogen) atoms. The lowest BCUT2D eigenvalue weighted by molar-refractivity contribution is -0.118. The molecule has 8 heteroatoms. The number of benzene rings is 2. The minimum Gasteiger partial charge on any atom is -0.286 e. The maximum Gasteiger partial charge on any atom is 0.228 e. The van der Waals surface area contributed by atoms with E-state index in [0.717, 1.165) is 44.5 Å². The van der Waals surface area contributed by atoms with Crippen LogP contribution in [0.5, 0.6) is 0 Å². The number of fused-ring (bicyclic) bond motifs is 1. The van der Waals surface area contributed by atoms with Crippen LogP contribution in [0.3, 0.4) is 0 Å². The van der Waals surface area contributed by atoms with Gasteiger partial charge >= 0.3 is 0 Å². The van der Waals surface area contributed by atoms with Crippen molar-refractivity contribution in [2.45, 2.75) is 45.1 Å². The van der Waals surface area contributed by atoms with Gasteiger partial charge in [0.1, 0.15) is 0 Å². The fourth-order valence-corrected chi connectivity index (χ4v) is 6.08. The third-order valence-electron chi connectivity index (χ3n) is 5.36. The molecule has 2 aromatic carbocycles. The third kappa shape index (κ3) is 5.96. The molecule has 0 saturated heterocycles. The quantitative estimate of drug-likeness (QED) is 0.191. The fourth-order valence-electron chi connectivity index (χ4n) is 3.75. The number of carbonyl (C=O) groups is 1. The zero-order chi connectivity index (χ0) is 23.4. The largest absolute Gasteiger partial charge is 0.286 e. The summed E-state index contributed by atoms with van der Waals surface area (Å²) < 4.78 is 2.95. The van der Waals surface area contributed by atoms with Crippen molar-refractivity contribution < 1.29 is 4.79 Å². The number of halogens is 1. The second-order valence-corrected chi connectivity index (χ2v) is 10.6. The van der Waals surface area contributed by atoms with Crippen LogP contribution in [0.25, 0.3) is 10.2 Å². The minimum atomic E-state index is 0.0907. The summed E-state index contributed by atoms with van der Waals surface area (Å²) in [5, 5.41) is 5.96. The highest BCUT2D eigenvalue weighted by Crippen LogP contribution is 2.33. The predicted molar refractivity (Wildman–Crippen MR) is 140 cm³/mol. The molecule has 1 amide bonds. The Morgan fingerprint density at radius 1 is 1.15 bits per heavy atom. The SMILES string of the molecule is Cc1cc(C)n(CCN(C(=O)CCCSc2ccccc2)c2nc3c(C)cc(Cl)cc3s2)n1. The van der Waals surface area contributed by atoms with Crippen molar-refractivity contribution in [1.29, 1.82) is 0 Å². The van der Waals surface area contributed by atoms with Crippen LogP contribution in [0.4, 0.5) is 5.13 Å². The average Bonchev–Trinajstić information content (AvgIpc) is 3.34. The molecule has 0 atom stereocenters. The number of rotatable bonds is 9. The van der Waals surface area contributed by atoms with Crippen LogP contribution in [-0.4, -0.2) is 33.0 Å². The molecule has 0 spiro atoms. The van der Waals surface area contributed by atoms with Gasteiger partial charge in [0.15, 0.2) is 5.13 Å². The van der Waals surface area contributed by atoms with Gasteiger partial charge in [-0.25, -0.2) is 4.98 Å². The number of aromatic nitrogens is 3. The first-order chi connectivity index (χ1) is 15.9. The van der Waals surface area contributed by atoms with Crippen molar-refractivity contribution >= 4 is 56.0 Å². The van der Waals surface area contributed by atoms with Crippen molar-refractivity contribution in [1.82, 2.24) is 14.8 Å². The number of thioether (sulfide) groups is 1. The van der Waals surface area contributed by atoms with Gasteiger partial charge in [0.05, 0.1) is 22.5 Å². The van der Waals surface area contributed by atoms with Gasteiger partial charge < -0.3 is 0 Å². The Kier molecular flexibility index (Phi) is 7.73. The van der Waals surface area contributed by atoms with Crippen LogP contribution in [0, 0.1) is 20.8 Å². The molecule has 5 nitrogen and oxygen atoms in total. The van der Waals surface area contributed by atoms with E-state index in [2.05, 4.69) is 23.3 Å². The lowest BCUT2D eigenvalue weighted by Crippen LogP contribution is -2.34. The number of hydrogen-bond donors (Lipinski definition) is 0. The van der Waals surface area contributed by atoms with Gasteiger partial charge in [-0.05, 0) is 68.8 Å². The second kappa shape index (κ2) is 10.7. The summed E-state index contributed by atoms with van der Waals surface area (Å²) in [5.41, 5.74) is 3.99. The molecule has 4 rings (SSSR count). The maximum absolute atomic E-state index is 13.3.